The molecule has 3 heteroatoms. The van der Waals surface area contributed by atoms with E-state index in [9.17, 15) is 4.79 Å². The largest absolute Gasteiger partial charge is 0.295 e. The summed E-state index contributed by atoms with van der Waals surface area (Å²) in [4.78, 5) is 12.5. The molecular formula is C17H24N2O. The molecule has 0 atom stereocenters. The molecule has 0 aliphatic rings. The van der Waals surface area contributed by atoms with Crippen molar-refractivity contribution in [3.8, 4) is 11.3 Å². The number of aromatic amines is 1. The van der Waals surface area contributed by atoms with Crippen LogP contribution in [-0.2, 0) is 13.0 Å². The van der Waals surface area contributed by atoms with Crippen molar-refractivity contribution in [3.05, 3.63) is 46.2 Å². The molecular weight excluding hydrogens is 248 g/mol. The van der Waals surface area contributed by atoms with Crippen molar-refractivity contribution in [2.24, 2.45) is 5.92 Å². The number of benzene rings is 1. The van der Waals surface area contributed by atoms with E-state index in [-0.39, 0.29) is 5.56 Å². The highest BCUT2D eigenvalue weighted by Crippen LogP contribution is 2.21. The Bertz CT molecular complexity index is 593. The van der Waals surface area contributed by atoms with Crippen molar-refractivity contribution >= 4 is 0 Å². The molecule has 1 heterocycles. The fourth-order valence-electron chi connectivity index (χ4n) is 2.45. The van der Waals surface area contributed by atoms with Crippen LogP contribution in [0.4, 0.5) is 0 Å². The molecule has 2 rings (SSSR count). The lowest BCUT2D eigenvalue weighted by atomic mass is 10.0. The molecule has 0 spiro atoms. The van der Waals surface area contributed by atoms with Gasteiger partial charge in [0.05, 0.1) is 5.69 Å². The Labute approximate surface area is 120 Å². The smallest absolute Gasteiger partial charge is 0.270 e. The van der Waals surface area contributed by atoms with Gasteiger partial charge in [-0.25, -0.2) is 0 Å². The van der Waals surface area contributed by atoms with Crippen LogP contribution >= 0.6 is 0 Å². The molecule has 1 aromatic carbocycles. The van der Waals surface area contributed by atoms with E-state index in [0.29, 0.717) is 5.92 Å². The molecule has 0 aliphatic heterocycles. The SMILES string of the molecule is CCCCc1c(-c2ccccc2)[nH]n(CC(C)C)c1=O. The first-order chi connectivity index (χ1) is 9.63. The quantitative estimate of drug-likeness (QED) is 0.852. The van der Waals surface area contributed by atoms with Gasteiger partial charge in [0.2, 0.25) is 0 Å². The normalized spacial score (nSPS) is 11.2. The average molecular weight is 272 g/mol. The van der Waals surface area contributed by atoms with Crippen LogP contribution in [0.5, 0.6) is 0 Å². The molecule has 0 bridgehead atoms. The maximum atomic E-state index is 12.5. The summed E-state index contributed by atoms with van der Waals surface area (Å²) in [6, 6.07) is 10.1. The topological polar surface area (TPSA) is 37.8 Å². The minimum absolute atomic E-state index is 0.144. The van der Waals surface area contributed by atoms with Gasteiger partial charge in [-0.1, -0.05) is 57.5 Å². The number of rotatable bonds is 6. The van der Waals surface area contributed by atoms with Gasteiger partial charge >= 0.3 is 0 Å². The van der Waals surface area contributed by atoms with Crippen LogP contribution in [0.15, 0.2) is 35.1 Å². The van der Waals surface area contributed by atoms with E-state index in [4.69, 9.17) is 0 Å². The van der Waals surface area contributed by atoms with Gasteiger partial charge in [0.25, 0.3) is 5.56 Å². The second kappa shape index (κ2) is 6.60. The second-order valence-electron chi connectivity index (χ2n) is 5.74. The van der Waals surface area contributed by atoms with Crippen LogP contribution in [0.3, 0.4) is 0 Å². The number of H-pyrrole nitrogens is 1. The molecule has 0 saturated heterocycles. The van der Waals surface area contributed by atoms with Gasteiger partial charge in [-0.15, -0.1) is 0 Å². The number of nitrogens with one attached hydrogen (secondary N) is 1. The minimum atomic E-state index is 0.144. The first-order valence-corrected chi connectivity index (χ1v) is 7.50. The zero-order chi connectivity index (χ0) is 14.5. The third-order valence-electron chi connectivity index (χ3n) is 3.44. The third-order valence-corrected chi connectivity index (χ3v) is 3.44. The van der Waals surface area contributed by atoms with E-state index < -0.39 is 0 Å². The van der Waals surface area contributed by atoms with Crippen molar-refractivity contribution in [1.29, 1.82) is 0 Å². The Morgan fingerprint density at radius 3 is 2.50 bits per heavy atom. The zero-order valence-electron chi connectivity index (χ0n) is 12.6. The van der Waals surface area contributed by atoms with Crippen molar-refractivity contribution in [3.63, 3.8) is 0 Å². The number of unbranched alkanes of at least 4 members (excludes halogenated alkanes) is 1. The Hall–Kier alpha value is -1.77. The van der Waals surface area contributed by atoms with Crippen molar-refractivity contribution in [2.45, 2.75) is 46.6 Å². The molecule has 0 unspecified atom stereocenters. The summed E-state index contributed by atoms with van der Waals surface area (Å²) >= 11 is 0. The molecule has 2 aromatic rings. The lowest BCUT2D eigenvalue weighted by Gasteiger charge is -2.04. The Kier molecular flexibility index (Phi) is 4.83. The summed E-state index contributed by atoms with van der Waals surface area (Å²) in [7, 11) is 0. The molecule has 0 radical (unpaired) electrons. The summed E-state index contributed by atoms with van der Waals surface area (Å²) in [6.45, 7) is 7.15. The van der Waals surface area contributed by atoms with Crippen molar-refractivity contribution in [2.75, 3.05) is 0 Å². The van der Waals surface area contributed by atoms with Gasteiger partial charge < -0.3 is 0 Å². The van der Waals surface area contributed by atoms with Crippen LogP contribution in [0, 0.1) is 5.92 Å². The summed E-state index contributed by atoms with van der Waals surface area (Å²) in [5, 5.41) is 3.31. The number of hydrogen-bond acceptors (Lipinski definition) is 1. The maximum absolute atomic E-state index is 12.5. The van der Waals surface area contributed by atoms with E-state index in [1.165, 1.54) is 0 Å². The van der Waals surface area contributed by atoms with Gasteiger partial charge in [-0.05, 0) is 24.3 Å². The van der Waals surface area contributed by atoms with Crippen LogP contribution in [0.2, 0.25) is 0 Å². The molecule has 3 nitrogen and oxygen atoms in total. The van der Waals surface area contributed by atoms with Gasteiger partial charge in [0.1, 0.15) is 0 Å². The van der Waals surface area contributed by atoms with Crippen LogP contribution in [-0.4, -0.2) is 9.78 Å². The molecule has 1 N–H and O–H groups in total. The van der Waals surface area contributed by atoms with Crippen LogP contribution in [0.1, 0.15) is 39.2 Å². The maximum Gasteiger partial charge on any atom is 0.270 e. The Morgan fingerprint density at radius 2 is 1.90 bits per heavy atom. The summed E-state index contributed by atoms with van der Waals surface area (Å²) in [6.07, 6.45) is 3.00. The van der Waals surface area contributed by atoms with Crippen LogP contribution in [0.25, 0.3) is 11.3 Å². The lowest BCUT2D eigenvalue weighted by molar-refractivity contribution is 0.473. The fraction of sp³-hybridized carbons (Fsp3) is 0.471. The monoisotopic (exact) mass is 272 g/mol. The van der Waals surface area contributed by atoms with E-state index >= 15 is 0 Å². The number of nitrogens with zero attached hydrogens (tertiary/aromatic N) is 1. The van der Waals surface area contributed by atoms with Gasteiger partial charge in [0.15, 0.2) is 0 Å². The molecule has 0 fully saturated rings. The Balaban J connectivity index is 2.46. The van der Waals surface area contributed by atoms with Crippen molar-refractivity contribution < 1.29 is 0 Å². The average Bonchev–Trinajstić information content (AvgIpc) is 2.74. The molecule has 1 aromatic heterocycles. The molecule has 0 amide bonds. The third kappa shape index (κ3) is 3.21. The highest BCUT2D eigenvalue weighted by Gasteiger charge is 2.15. The van der Waals surface area contributed by atoms with E-state index in [0.717, 1.165) is 42.6 Å². The molecule has 0 saturated carbocycles. The first kappa shape index (κ1) is 14.6. The summed E-state index contributed by atoms with van der Waals surface area (Å²) in [5.74, 6) is 0.453. The fourth-order valence-corrected chi connectivity index (χ4v) is 2.45. The minimum Gasteiger partial charge on any atom is -0.295 e. The van der Waals surface area contributed by atoms with E-state index in [1.807, 2.05) is 18.2 Å². The predicted octanol–water partition coefficient (Wildman–Crippen LogP) is 3.84. The van der Waals surface area contributed by atoms with Crippen molar-refractivity contribution in [1.82, 2.24) is 9.78 Å². The summed E-state index contributed by atoms with van der Waals surface area (Å²) < 4.78 is 1.76. The van der Waals surface area contributed by atoms with Gasteiger partial charge in [0, 0.05) is 12.1 Å². The van der Waals surface area contributed by atoms with E-state index in [2.05, 4.69) is 38.0 Å². The van der Waals surface area contributed by atoms with E-state index in [1.54, 1.807) is 4.68 Å². The summed E-state index contributed by atoms with van der Waals surface area (Å²) in [5.41, 5.74) is 3.16. The molecule has 20 heavy (non-hydrogen) atoms. The predicted molar refractivity (Wildman–Crippen MR) is 83.9 cm³/mol. The second-order valence-corrected chi connectivity index (χ2v) is 5.74. The Morgan fingerprint density at radius 1 is 1.20 bits per heavy atom. The van der Waals surface area contributed by atoms with Crippen LogP contribution < -0.4 is 5.56 Å². The standard InChI is InChI=1S/C17H24N2O/c1-4-5-11-15-16(14-9-7-6-8-10-14)18-19(17(15)20)12-13(2)3/h6-10,13,18H,4-5,11-12H2,1-3H3. The molecule has 108 valence electrons. The number of aromatic nitrogens is 2. The molecule has 0 aliphatic carbocycles. The zero-order valence-corrected chi connectivity index (χ0v) is 12.6. The highest BCUT2D eigenvalue weighted by atomic mass is 16.1. The van der Waals surface area contributed by atoms with Gasteiger partial charge in [-0.3, -0.25) is 14.6 Å². The van der Waals surface area contributed by atoms with Gasteiger partial charge in [-0.2, -0.15) is 0 Å². The highest BCUT2D eigenvalue weighted by molar-refractivity contribution is 5.62. The first-order valence-electron chi connectivity index (χ1n) is 7.50. The lowest BCUT2D eigenvalue weighted by Crippen LogP contribution is -2.21. The number of hydrogen-bond donors (Lipinski definition) is 1.